The average molecular weight is 320 g/mol. The SMILES string of the molecule is CC(CS(C)(=O)=O)Nc1ccccc1S(=O)(=O)N(C)C. The standard InChI is InChI=1S/C12H20N2O4S2/c1-10(9-19(4,15)16)13-11-7-5-6-8-12(11)20(17,18)14(2)3/h5-8,10,13H,9H2,1-4H3. The Morgan fingerprint density at radius 2 is 1.70 bits per heavy atom. The number of rotatable bonds is 6. The van der Waals surface area contributed by atoms with Crippen LogP contribution < -0.4 is 5.32 Å². The molecule has 0 aliphatic rings. The van der Waals surface area contributed by atoms with Crippen molar-refractivity contribution < 1.29 is 16.8 Å². The van der Waals surface area contributed by atoms with E-state index >= 15 is 0 Å². The number of hydrogen-bond acceptors (Lipinski definition) is 5. The minimum atomic E-state index is -3.58. The topological polar surface area (TPSA) is 83.5 Å². The average Bonchev–Trinajstić information content (AvgIpc) is 2.26. The van der Waals surface area contributed by atoms with E-state index in [1.165, 1.54) is 20.2 Å². The number of benzene rings is 1. The molecule has 1 unspecified atom stereocenters. The highest BCUT2D eigenvalue weighted by Crippen LogP contribution is 2.23. The molecule has 0 radical (unpaired) electrons. The smallest absolute Gasteiger partial charge is 0.244 e. The number of sulfone groups is 1. The summed E-state index contributed by atoms with van der Waals surface area (Å²) in [5, 5.41) is 2.94. The van der Waals surface area contributed by atoms with E-state index in [1.807, 2.05) is 0 Å². The van der Waals surface area contributed by atoms with E-state index in [1.54, 1.807) is 25.1 Å². The van der Waals surface area contributed by atoms with Crippen LogP contribution in [0.1, 0.15) is 6.92 Å². The molecule has 114 valence electrons. The highest BCUT2D eigenvalue weighted by molar-refractivity contribution is 7.90. The number of sulfonamides is 1. The van der Waals surface area contributed by atoms with E-state index < -0.39 is 19.9 Å². The zero-order valence-corrected chi connectivity index (χ0v) is 13.6. The van der Waals surface area contributed by atoms with Crippen LogP contribution in [0.5, 0.6) is 0 Å². The second-order valence-electron chi connectivity index (χ2n) is 4.92. The van der Waals surface area contributed by atoms with Crippen molar-refractivity contribution >= 4 is 25.5 Å². The minimum absolute atomic E-state index is 0.0661. The Balaban J connectivity index is 3.10. The van der Waals surface area contributed by atoms with Crippen LogP contribution in [0.3, 0.4) is 0 Å². The monoisotopic (exact) mass is 320 g/mol. The van der Waals surface area contributed by atoms with Gasteiger partial charge in [-0.05, 0) is 19.1 Å². The maximum absolute atomic E-state index is 12.2. The van der Waals surface area contributed by atoms with E-state index in [-0.39, 0.29) is 16.7 Å². The summed E-state index contributed by atoms with van der Waals surface area (Å²) in [4.78, 5) is 0.130. The van der Waals surface area contributed by atoms with Crippen molar-refractivity contribution in [2.75, 3.05) is 31.4 Å². The summed E-state index contributed by atoms with van der Waals surface area (Å²) < 4.78 is 48.0. The van der Waals surface area contributed by atoms with Gasteiger partial charge < -0.3 is 5.32 Å². The van der Waals surface area contributed by atoms with Crippen molar-refractivity contribution in [3.05, 3.63) is 24.3 Å². The van der Waals surface area contributed by atoms with Crippen LogP contribution in [-0.4, -0.2) is 53.3 Å². The van der Waals surface area contributed by atoms with Crippen LogP contribution in [0.15, 0.2) is 29.2 Å². The van der Waals surface area contributed by atoms with Crippen LogP contribution in [-0.2, 0) is 19.9 Å². The van der Waals surface area contributed by atoms with Gasteiger partial charge in [0.2, 0.25) is 10.0 Å². The highest BCUT2D eigenvalue weighted by atomic mass is 32.2. The molecule has 1 atom stereocenters. The zero-order valence-electron chi connectivity index (χ0n) is 12.0. The molecule has 1 aromatic carbocycles. The molecule has 1 N–H and O–H groups in total. The molecule has 0 aromatic heterocycles. The van der Waals surface area contributed by atoms with Gasteiger partial charge in [-0.2, -0.15) is 0 Å². The molecular weight excluding hydrogens is 300 g/mol. The summed E-state index contributed by atoms with van der Waals surface area (Å²) in [5.74, 6) is -0.0661. The number of nitrogens with one attached hydrogen (secondary N) is 1. The van der Waals surface area contributed by atoms with Gasteiger partial charge in [-0.3, -0.25) is 0 Å². The zero-order chi connectivity index (χ0) is 15.6. The first-order valence-electron chi connectivity index (χ1n) is 6.00. The van der Waals surface area contributed by atoms with Crippen molar-refractivity contribution in [2.45, 2.75) is 17.9 Å². The maximum atomic E-state index is 12.2. The first-order valence-corrected chi connectivity index (χ1v) is 9.50. The third kappa shape index (κ3) is 4.46. The lowest BCUT2D eigenvalue weighted by molar-refractivity contribution is 0.521. The van der Waals surface area contributed by atoms with Crippen LogP contribution in [0.25, 0.3) is 0 Å². The molecule has 0 spiro atoms. The van der Waals surface area contributed by atoms with Crippen molar-refractivity contribution in [1.82, 2.24) is 4.31 Å². The molecule has 1 rings (SSSR count). The molecule has 0 heterocycles. The van der Waals surface area contributed by atoms with Crippen LogP contribution >= 0.6 is 0 Å². The fourth-order valence-corrected chi connectivity index (χ4v) is 3.81. The van der Waals surface area contributed by atoms with Gasteiger partial charge in [0.25, 0.3) is 0 Å². The molecule has 0 amide bonds. The number of anilines is 1. The van der Waals surface area contributed by atoms with Crippen molar-refractivity contribution in [1.29, 1.82) is 0 Å². The van der Waals surface area contributed by atoms with Crippen LogP contribution in [0.2, 0.25) is 0 Å². The first kappa shape index (κ1) is 16.9. The van der Waals surface area contributed by atoms with E-state index in [9.17, 15) is 16.8 Å². The van der Waals surface area contributed by atoms with Gasteiger partial charge in [0, 0.05) is 26.4 Å². The molecule has 0 saturated heterocycles. The van der Waals surface area contributed by atoms with E-state index in [4.69, 9.17) is 0 Å². The largest absolute Gasteiger partial charge is 0.380 e. The molecule has 8 heteroatoms. The Morgan fingerprint density at radius 3 is 2.20 bits per heavy atom. The predicted molar refractivity (Wildman–Crippen MR) is 80.1 cm³/mol. The normalized spacial score (nSPS) is 14.2. The third-order valence-electron chi connectivity index (χ3n) is 2.60. The van der Waals surface area contributed by atoms with E-state index in [0.717, 1.165) is 10.6 Å². The van der Waals surface area contributed by atoms with E-state index in [2.05, 4.69) is 5.32 Å². The molecule has 20 heavy (non-hydrogen) atoms. The quantitative estimate of drug-likeness (QED) is 0.837. The van der Waals surface area contributed by atoms with Crippen molar-refractivity contribution in [3.63, 3.8) is 0 Å². The lowest BCUT2D eigenvalue weighted by atomic mass is 10.3. The molecule has 0 aliphatic carbocycles. The lowest BCUT2D eigenvalue weighted by Crippen LogP contribution is -2.28. The van der Waals surface area contributed by atoms with Crippen LogP contribution in [0.4, 0.5) is 5.69 Å². The molecule has 6 nitrogen and oxygen atoms in total. The van der Waals surface area contributed by atoms with Gasteiger partial charge >= 0.3 is 0 Å². The molecule has 0 aliphatic heterocycles. The summed E-state index contributed by atoms with van der Waals surface area (Å²) >= 11 is 0. The van der Waals surface area contributed by atoms with Gasteiger partial charge in [-0.1, -0.05) is 12.1 Å². The highest BCUT2D eigenvalue weighted by Gasteiger charge is 2.22. The van der Waals surface area contributed by atoms with Gasteiger partial charge in [-0.15, -0.1) is 0 Å². The fraction of sp³-hybridized carbons (Fsp3) is 0.500. The van der Waals surface area contributed by atoms with Crippen molar-refractivity contribution in [2.24, 2.45) is 0 Å². The van der Waals surface area contributed by atoms with E-state index in [0.29, 0.717) is 5.69 Å². The van der Waals surface area contributed by atoms with Gasteiger partial charge in [0.05, 0.1) is 11.4 Å². The summed E-state index contributed by atoms with van der Waals surface area (Å²) in [7, 11) is -3.81. The first-order chi connectivity index (χ1) is 9.04. The number of hydrogen-bond donors (Lipinski definition) is 1. The molecule has 0 saturated carbocycles. The number of nitrogens with zero attached hydrogens (tertiary/aromatic N) is 1. The summed E-state index contributed by atoms with van der Waals surface area (Å²) in [5.41, 5.74) is 0.400. The summed E-state index contributed by atoms with van der Waals surface area (Å²) in [6, 6.07) is 6.05. The number of para-hydroxylation sites is 1. The predicted octanol–water partition coefficient (Wildman–Crippen LogP) is 0.782. The van der Waals surface area contributed by atoms with Crippen molar-refractivity contribution in [3.8, 4) is 0 Å². The summed E-state index contributed by atoms with van der Waals surface area (Å²) in [6.45, 7) is 1.69. The maximum Gasteiger partial charge on any atom is 0.244 e. The Kier molecular flexibility index (Phi) is 5.17. The molecule has 1 aromatic rings. The summed E-state index contributed by atoms with van der Waals surface area (Å²) in [6.07, 6.45) is 1.15. The Labute approximate surface area is 120 Å². The molecule has 0 bridgehead atoms. The second kappa shape index (κ2) is 6.11. The molecule has 0 fully saturated rings. The fourth-order valence-electron chi connectivity index (χ4n) is 1.77. The van der Waals surface area contributed by atoms with Gasteiger partial charge in [0.15, 0.2) is 0 Å². The Morgan fingerprint density at radius 1 is 1.15 bits per heavy atom. The molecular formula is C12H20N2O4S2. The van der Waals surface area contributed by atoms with Gasteiger partial charge in [-0.25, -0.2) is 21.1 Å². The third-order valence-corrected chi connectivity index (χ3v) is 5.58. The lowest BCUT2D eigenvalue weighted by Gasteiger charge is -2.19. The Hall–Kier alpha value is -1.12. The van der Waals surface area contributed by atoms with Gasteiger partial charge in [0.1, 0.15) is 14.7 Å². The minimum Gasteiger partial charge on any atom is -0.380 e. The van der Waals surface area contributed by atoms with Crippen LogP contribution in [0, 0.1) is 0 Å². The Bertz CT molecular complexity index is 666. The second-order valence-corrected chi connectivity index (χ2v) is 9.23.